The summed E-state index contributed by atoms with van der Waals surface area (Å²) in [4.78, 5) is 12.3. The third-order valence-corrected chi connectivity index (χ3v) is 4.30. The Hall–Kier alpha value is -1.91. The summed E-state index contributed by atoms with van der Waals surface area (Å²) in [5.74, 6) is -0.178. The lowest BCUT2D eigenvalue weighted by Gasteiger charge is -2.19. The highest BCUT2D eigenvalue weighted by molar-refractivity contribution is 6.04. The van der Waals surface area contributed by atoms with E-state index in [9.17, 15) is 9.18 Å². The van der Waals surface area contributed by atoms with Crippen LogP contribution in [0.25, 0.3) is 0 Å². The number of halogens is 2. The van der Waals surface area contributed by atoms with Gasteiger partial charge in [0.1, 0.15) is 5.82 Å². The minimum absolute atomic E-state index is 0. The van der Waals surface area contributed by atoms with Crippen LogP contribution in [0.3, 0.4) is 0 Å². The van der Waals surface area contributed by atoms with Crippen molar-refractivity contribution in [3.63, 3.8) is 0 Å². The highest BCUT2D eigenvalue weighted by atomic mass is 35.5. The summed E-state index contributed by atoms with van der Waals surface area (Å²) in [6.45, 7) is 5.65. The molecular formula is C19H22ClFN2O. The molecule has 0 radical (unpaired) electrons. The van der Waals surface area contributed by atoms with Crippen molar-refractivity contribution < 1.29 is 9.18 Å². The fraction of sp³-hybridized carbons (Fsp3) is 0.316. The SMILES string of the molecule is CC(C)c1ccc(C(=O)Nc2ccc3c(c2F)CCNC3)cc1.Cl. The first-order valence-corrected chi connectivity index (χ1v) is 7.98. The monoisotopic (exact) mass is 348 g/mol. The second kappa shape index (κ2) is 7.77. The molecule has 0 spiro atoms. The van der Waals surface area contributed by atoms with Crippen molar-refractivity contribution in [3.8, 4) is 0 Å². The molecule has 0 bridgehead atoms. The van der Waals surface area contributed by atoms with Crippen molar-refractivity contribution in [2.45, 2.75) is 32.7 Å². The molecule has 0 aliphatic carbocycles. The Bertz CT molecular complexity index is 729. The summed E-state index contributed by atoms with van der Waals surface area (Å²) in [5, 5.41) is 5.91. The van der Waals surface area contributed by atoms with E-state index in [-0.39, 0.29) is 29.8 Å². The number of rotatable bonds is 3. The lowest BCUT2D eigenvalue weighted by molar-refractivity contribution is 0.102. The largest absolute Gasteiger partial charge is 0.319 e. The van der Waals surface area contributed by atoms with E-state index in [1.54, 1.807) is 18.2 Å². The molecule has 0 fully saturated rings. The maximum atomic E-state index is 14.6. The summed E-state index contributed by atoms with van der Waals surface area (Å²) < 4.78 is 14.6. The van der Waals surface area contributed by atoms with E-state index in [1.165, 1.54) is 5.56 Å². The van der Waals surface area contributed by atoms with Crippen LogP contribution in [0.5, 0.6) is 0 Å². The van der Waals surface area contributed by atoms with Gasteiger partial charge in [0.25, 0.3) is 5.91 Å². The van der Waals surface area contributed by atoms with Crippen LogP contribution in [0.15, 0.2) is 36.4 Å². The van der Waals surface area contributed by atoms with Crippen LogP contribution in [-0.2, 0) is 13.0 Å². The number of hydrogen-bond acceptors (Lipinski definition) is 2. The fourth-order valence-electron chi connectivity index (χ4n) is 2.84. The van der Waals surface area contributed by atoms with E-state index >= 15 is 0 Å². The number of hydrogen-bond donors (Lipinski definition) is 2. The number of amides is 1. The van der Waals surface area contributed by atoms with Crippen molar-refractivity contribution in [2.75, 3.05) is 11.9 Å². The third kappa shape index (κ3) is 3.77. The number of carbonyl (C=O) groups is 1. The van der Waals surface area contributed by atoms with Crippen molar-refractivity contribution in [2.24, 2.45) is 0 Å². The smallest absolute Gasteiger partial charge is 0.255 e. The molecule has 2 aromatic rings. The molecule has 1 aliphatic rings. The van der Waals surface area contributed by atoms with Gasteiger partial charge in [-0.3, -0.25) is 4.79 Å². The molecule has 3 rings (SSSR count). The number of anilines is 1. The zero-order valence-electron chi connectivity index (χ0n) is 13.9. The van der Waals surface area contributed by atoms with Gasteiger partial charge in [0.2, 0.25) is 0 Å². The first-order valence-electron chi connectivity index (χ1n) is 7.98. The van der Waals surface area contributed by atoms with Crippen molar-refractivity contribution in [1.29, 1.82) is 0 Å². The van der Waals surface area contributed by atoms with E-state index in [0.29, 0.717) is 30.0 Å². The molecule has 5 heteroatoms. The predicted molar refractivity (Wildman–Crippen MR) is 97.5 cm³/mol. The van der Waals surface area contributed by atoms with Crippen molar-refractivity contribution in [1.82, 2.24) is 5.32 Å². The Morgan fingerprint density at radius 2 is 1.88 bits per heavy atom. The standard InChI is InChI=1S/C19H21FN2O.ClH/c1-12(2)13-3-5-14(6-4-13)19(23)22-17-8-7-15-11-21-10-9-16(15)18(17)20;/h3-8,12,21H,9-11H2,1-2H3,(H,22,23);1H. The zero-order valence-corrected chi connectivity index (χ0v) is 14.7. The average Bonchev–Trinajstić information content (AvgIpc) is 2.57. The van der Waals surface area contributed by atoms with Gasteiger partial charge in [0, 0.05) is 12.1 Å². The lowest BCUT2D eigenvalue weighted by atomic mass is 9.99. The Balaban J connectivity index is 0.00000208. The highest BCUT2D eigenvalue weighted by Crippen LogP contribution is 2.25. The fourth-order valence-corrected chi connectivity index (χ4v) is 2.84. The first-order chi connectivity index (χ1) is 11.1. The highest BCUT2D eigenvalue weighted by Gasteiger charge is 2.18. The van der Waals surface area contributed by atoms with E-state index in [2.05, 4.69) is 24.5 Å². The molecule has 128 valence electrons. The molecule has 1 aliphatic heterocycles. The molecule has 0 atom stereocenters. The summed E-state index contributed by atoms with van der Waals surface area (Å²) in [5.41, 5.74) is 3.63. The zero-order chi connectivity index (χ0) is 16.4. The van der Waals surface area contributed by atoms with E-state index in [0.717, 1.165) is 12.1 Å². The van der Waals surface area contributed by atoms with Crippen molar-refractivity contribution in [3.05, 3.63) is 64.5 Å². The minimum Gasteiger partial charge on any atom is -0.319 e. The van der Waals surface area contributed by atoms with Crippen LogP contribution in [0, 0.1) is 5.82 Å². The molecule has 1 amide bonds. The van der Waals surface area contributed by atoms with Crippen LogP contribution >= 0.6 is 12.4 Å². The second-order valence-electron chi connectivity index (χ2n) is 6.22. The van der Waals surface area contributed by atoms with Crippen LogP contribution in [-0.4, -0.2) is 12.5 Å². The normalized spacial score (nSPS) is 13.2. The Kier molecular flexibility index (Phi) is 5.97. The Labute approximate surface area is 148 Å². The van der Waals surface area contributed by atoms with Crippen molar-refractivity contribution >= 4 is 24.0 Å². The molecule has 24 heavy (non-hydrogen) atoms. The number of nitrogens with one attached hydrogen (secondary N) is 2. The molecular weight excluding hydrogens is 327 g/mol. The molecule has 0 aromatic heterocycles. The van der Waals surface area contributed by atoms with Gasteiger partial charge in [-0.15, -0.1) is 12.4 Å². The van der Waals surface area contributed by atoms with Gasteiger partial charge in [-0.25, -0.2) is 4.39 Å². The average molecular weight is 349 g/mol. The summed E-state index contributed by atoms with van der Waals surface area (Å²) in [6.07, 6.45) is 0.647. The van der Waals surface area contributed by atoms with Crippen LogP contribution in [0.2, 0.25) is 0 Å². The van der Waals surface area contributed by atoms with Gasteiger partial charge in [-0.2, -0.15) is 0 Å². The summed E-state index contributed by atoms with van der Waals surface area (Å²) >= 11 is 0. The van der Waals surface area contributed by atoms with Gasteiger partial charge in [0.15, 0.2) is 0 Å². The van der Waals surface area contributed by atoms with Gasteiger partial charge in [-0.1, -0.05) is 32.0 Å². The van der Waals surface area contributed by atoms with Crippen LogP contribution in [0.1, 0.15) is 46.8 Å². The molecule has 3 nitrogen and oxygen atoms in total. The van der Waals surface area contributed by atoms with E-state index < -0.39 is 0 Å². The molecule has 1 heterocycles. The molecule has 2 aromatic carbocycles. The second-order valence-corrected chi connectivity index (χ2v) is 6.22. The molecule has 2 N–H and O–H groups in total. The predicted octanol–water partition coefficient (Wildman–Crippen LogP) is 4.27. The van der Waals surface area contributed by atoms with Crippen LogP contribution in [0.4, 0.5) is 10.1 Å². The van der Waals surface area contributed by atoms with Gasteiger partial charge in [0.05, 0.1) is 5.69 Å². The summed E-state index contributed by atoms with van der Waals surface area (Å²) in [7, 11) is 0. The summed E-state index contributed by atoms with van der Waals surface area (Å²) in [6, 6.07) is 11.0. The van der Waals surface area contributed by atoms with Gasteiger partial charge < -0.3 is 10.6 Å². The quantitative estimate of drug-likeness (QED) is 0.869. The Morgan fingerprint density at radius 1 is 1.17 bits per heavy atom. The first kappa shape index (κ1) is 18.4. The van der Waals surface area contributed by atoms with E-state index in [4.69, 9.17) is 0 Å². The maximum absolute atomic E-state index is 14.6. The number of carbonyl (C=O) groups excluding carboxylic acids is 1. The molecule has 0 saturated heterocycles. The number of fused-ring (bicyclic) bond motifs is 1. The van der Waals surface area contributed by atoms with Crippen LogP contribution < -0.4 is 10.6 Å². The molecule has 0 unspecified atom stereocenters. The topological polar surface area (TPSA) is 41.1 Å². The minimum atomic E-state index is -0.309. The third-order valence-electron chi connectivity index (χ3n) is 4.30. The number of benzene rings is 2. The van der Waals surface area contributed by atoms with Gasteiger partial charge >= 0.3 is 0 Å². The van der Waals surface area contributed by atoms with E-state index in [1.807, 2.05) is 18.2 Å². The van der Waals surface area contributed by atoms with Gasteiger partial charge in [-0.05, 0) is 53.8 Å². The Morgan fingerprint density at radius 3 is 2.54 bits per heavy atom. The maximum Gasteiger partial charge on any atom is 0.255 e. The lowest BCUT2D eigenvalue weighted by Crippen LogP contribution is -2.25. The molecule has 0 saturated carbocycles.